The highest BCUT2D eigenvalue weighted by Crippen LogP contribution is 2.16. The first-order valence-electron chi connectivity index (χ1n) is 14.6. The van der Waals surface area contributed by atoms with Crippen LogP contribution in [0.1, 0.15) is 137 Å². The molecule has 0 rings (SSSR count). The number of thioether (sulfide) groups is 1. The molecule has 5 nitrogen and oxygen atoms in total. The molecule has 1 N–H and O–H groups in total. The van der Waals surface area contributed by atoms with Gasteiger partial charge in [0.25, 0.3) is 0 Å². The second-order valence-corrected chi connectivity index (χ2v) is 10.3. The van der Waals surface area contributed by atoms with Gasteiger partial charge in [-0.1, -0.05) is 105 Å². The SMILES string of the molecule is CC.CCCCCCCCOC(=O)CCSCCC(C=O)NC(=O)C(CC)CCCCCCCC. The highest BCUT2D eigenvalue weighted by atomic mass is 32.2. The fraction of sp³-hybridized carbons (Fsp3) is 0.897. The summed E-state index contributed by atoms with van der Waals surface area (Å²) in [6.45, 7) is 11.0. The van der Waals surface area contributed by atoms with Gasteiger partial charge in [-0.25, -0.2) is 0 Å². The Bertz CT molecular complexity index is 487. The van der Waals surface area contributed by atoms with Crippen molar-refractivity contribution in [3.05, 3.63) is 0 Å². The van der Waals surface area contributed by atoms with E-state index in [1.165, 1.54) is 57.8 Å². The molecule has 0 aliphatic carbocycles. The smallest absolute Gasteiger partial charge is 0.306 e. The monoisotopic (exact) mass is 515 g/mol. The van der Waals surface area contributed by atoms with E-state index in [9.17, 15) is 14.4 Å². The van der Waals surface area contributed by atoms with Gasteiger partial charge in [0.05, 0.1) is 19.1 Å². The Labute approximate surface area is 221 Å². The Morgan fingerprint density at radius 3 is 1.94 bits per heavy atom. The summed E-state index contributed by atoms with van der Waals surface area (Å²) in [6.07, 6.45) is 17.9. The Hall–Kier alpha value is -1.04. The van der Waals surface area contributed by atoms with E-state index in [2.05, 4.69) is 19.2 Å². The van der Waals surface area contributed by atoms with Crippen LogP contribution in [0.2, 0.25) is 0 Å². The number of ether oxygens (including phenoxy) is 1. The molecule has 35 heavy (non-hydrogen) atoms. The molecule has 0 aromatic rings. The summed E-state index contributed by atoms with van der Waals surface area (Å²) in [5.74, 6) is 1.28. The molecular weight excluding hydrogens is 458 g/mol. The number of amides is 1. The van der Waals surface area contributed by atoms with Crippen molar-refractivity contribution in [3.8, 4) is 0 Å². The van der Waals surface area contributed by atoms with Gasteiger partial charge in [0.15, 0.2) is 0 Å². The molecule has 0 saturated heterocycles. The maximum atomic E-state index is 12.5. The average molecular weight is 516 g/mol. The molecular formula is C29H57NO4S. The summed E-state index contributed by atoms with van der Waals surface area (Å²) in [5.41, 5.74) is 0. The van der Waals surface area contributed by atoms with Gasteiger partial charge >= 0.3 is 5.97 Å². The fourth-order valence-electron chi connectivity index (χ4n) is 3.77. The second kappa shape index (κ2) is 29.2. The van der Waals surface area contributed by atoms with Gasteiger partial charge in [0.2, 0.25) is 5.91 Å². The standard InChI is InChI=1S/C27H51NO4S.C2H6/c1-4-7-9-11-13-15-17-24(6-3)27(31)28-25(23-29)18-21-33-22-19-26(30)32-20-16-14-12-10-8-5-2;1-2/h23-25H,4-22H2,1-3H3,(H,28,31);1-2H3. The molecule has 0 aliphatic rings. The third-order valence-electron chi connectivity index (χ3n) is 6.05. The lowest BCUT2D eigenvalue weighted by atomic mass is 9.96. The molecule has 1 amide bonds. The maximum Gasteiger partial charge on any atom is 0.306 e. The minimum atomic E-state index is -0.441. The number of nitrogens with one attached hydrogen (secondary N) is 1. The highest BCUT2D eigenvalue weighted by Gasteiger charge is 2.19. The maximum absolute atomic E-state index is 12.5. The van der Waals surface area contributed by atoms with E-state index in [4.69, 9.17) is 4.74 Å². The number of hydrogen-bond donors (Lipinski definition) is 1. The van der Waals surface area contributed by atoms with Gasteiger partial charge in [-0.2, -0.15) is 11.8 Å². The molecule has 0 aromatic heterocycles. The molecule has 0 heterocycles. The Kier molecular flexibility index (Phi) is 30.1. The predicted octanol–water partition coefficient (Wildman–Crippen LogP) is 7.89. The molecule has 208 valence electrons. The average Bonchev–Trinajstić information content (AvgIpc) is 2.87. The van der Waals surface area contributed by atoms with Crippen molar-refractivity contribution in [1.29, 1.82) is 0 Å². The van der Waals surface area contributed by atoms with Crippen LogP contribution in [-0.4, -0.2) is 42.3 Å². The van der Waals surface area contributed by atoms with E-state index in [1.807, 2.05) is 20.8 Å². The third kappa shape index (κ3) is 24.4. The Morgan fingerprint density at radius 1 is 0.800 bits per heavy atom. The van der Waals surface area contributed by atoms with E-state index < -0.39 is 6.04 Å². The van der Waals surface area contributed by atoms with E-state index in [0.29, 0.717) is 25.2 Å². The number of aldehydes is 1. The quantitative estimate of drug-likeness (QED) is 0.0803. The molecule has 2 atom stereocenters. The second-order valence-electron chi connectivity index (χ2n) is 9.05. The van der Waals surface area contributed by atoms with Crippen molar-refractivity contribution in [2.45, 2.75) is 143 Å². The van der Waals surface area contributed by atoms with Crippen LogP contribution in [0.4, 0.5) is 0 Å². The van der Waals surface area contributed by atoms with Gasteiger partial charge in [0.1, 0.15) is 6.29 Å². The highest BCUT2D eigenvalue weighted by molar-refractivity contribution is 7.99. The van der Waals surface area contributed by atoms with Crippen LogP contribution in [0.3, 0.4) is 0 Å². The number of esters is 1. The van der Waals surface area contributed by atoms with Crippen LogP contribution in [0.15, 0.2) is 0 Å². The van der Waals surface area contributed by atoms with Crippen LogP contribution in [0.5, 0.6) is 0 Å². The summed E-state index contributed by atoms with van der Waals surface area (Å²) in [4.78, 5) is 35.8. The number of carbonyl (C=O) groups excluding carboxylic acids is 3. The van der Waals surface area contributed by atoms with E-state index in [0.717, 1.165) is 44.1 Å². The molecule has 0 saturated carbocycles. The van der Waals surface area contributed by atoms with Gasteiger partial charge in [0, 0.05) is 11.7 Å². The minimum absolute atomic E-state index is 0.00595. The first-order valence-corrected chi connectivity index (χ1v) is 15.7. The molecule has 0 radical (unpaired) electrons. The molecule has 0 spiro atoms. The van der Waals surface area contributed by atoms with Gasteiger partial charge in [-0.15, -0.1) is 0 Å². The molecule has 0 aliphatic heterocycles. The lowest BCUT2D eigenvalue weighted by Crippen LogP contribution is -2.40. The lowest BCUT2D eigenvalue weighted by molar-refractivity contribution is -0.143. The molecule has 0 aromatic carbocycles. The molecule has 2 unspecified atom stereocenters. The van der Waals surface area contributed by atoms with Crippen molar-refractivity contribution in [1.82, 2.24) is 5.32 Å². The fourth-order valence-corrected chi connectivity index (χ4v) is 4.71. The van der Waals surface area contributed by atoms with Crippen molar-refractivity contribution in [2.24, 2.45) is 5.92 Å². The molecule has 6 heteroatoms. The van der Waals surface area contributed by atoms with Gasteiger partial charge in [-0.05, 0) is 31.4 Å². The van der Waals surface area contributed by atoms with Crippen LogP contribution >= 0.6 is 11.8 Å². The lowest BCUT2D eigenvalue weighted by Gasteiger charge is -2.18. The zero-order valence-electron chi connectivity index (χ0n) is 23.7. The molecule has 0 fully saturated rings. The zero-order chi connectivity index (χ0) is 26.6. The van der Waals surface area contributed by atoms with Crippen molar-refractivity contribution in [2.75, 3.05) is 18.1 Å². The number of unbranched alkanes of at least 4 members (excludes halogenated alkanes) is 10. The molecule has 0 bridgehead atoms. The summed E-state index contributed by atoms with van der Waals surface area (Å²) in [7, 11) is 0. The van der Waals surface area contributed by atoms with Crippen LogP contribution in [0.25, 0.3) is 0 Å². The summed E-state index contributed by atoms with van der Waals surface area (Å²) in [6, 6.07) is -0.441. The normalized spacial score (nSPS) is 12.3. The van der Waals surface area contributed by atoms with E-state index in [1.54, 1.807) is 11.8 Å². The van der Waals surface area contributed by atoms with Crippen molar-refractivity contribution in [3.63, 3.8) is 0 Å². The van der Waals surface area contributed by atoms with Gasteiger partial charge < -0.3 is 14.8 Å². The zero-order valence-corrected chi connectivity index (χ0v) is 24.5. The van der Waals surface area contributed by atoms with Crippen LogP contribution in [-0.2, 0) is 19.1 Å². The first-order chi connectivity index (χ1) is 17.1. The Morgan fingerprint density at radius 2 is 1.37 bits per heavy atom. The minimum Gasteiger partial charge on any atom is -0.466 e. The van der Waals surface area contributed by atoms with Gasteiger partial charge in [-0.3, -0.25) is 9.59 Å². The van der Waals surface area contributed by atoms with E-state index >= 15 is 0 Å². The number of hydrogen-bond acceptors (Lipinski definition) is 5. The van der Waals surface area contributed by atoms with E-state index in [-0.39, 0.29) is 17.8 Å². The summed E-state index contributed by atoms with van der Waals surface area (Å²) >= 11 is 1.63. The largest absolute Gasteiger partial charge is 0.466 e. The van der Waals surface area contributed by atoms with Crippen molar-refractivity contribution >= 4 is 29.9 Å². The third-order valence-corrected chi connectivity index (χ3v) is 7.06. The summed E-state index contributed by atoms with van der Waals surface area (Å²) in [5, 5.41) is 2.92. The number of carbonyl (C=O) groups is 3. The topological polar surface area (TPSA) is 72.5 Å². The first kappa shape index (κ1) is 36.1. The summed E-state index contributed by atoms with van der Waals surface area (Å²) < 4.78 is 5.28. The predicted molar refractivity (Wildman–Crippen MR) is 152 cm³/mol. The van der Waals surface area contributed by atoms with Crippen molar-refractivity contribution < 1.29 is 19.1 Å². The Balaban J connectivity index is 0. The number of rotatable bonds is 24. The van der Waals surface area contributed by atoms with Crippen LogP contribution < -0.4 is 5.32 Å². The van der Waals surface area contributed by atoms with Crippen LogP contribution in [0, 0.1) is 5.92 Å².